The molecule has 31 heavy (non-hydrogen) atoms. The van der Waals surface area contributed by atoms with E-state index in [1.54, 1.807) is 20.3 Å². The summed E-state index contributed by atoms with van der Waals surface area (Å²) in [6, 6.07) is 5.56. The van der Waals surface area contributed by atoms with E-state index >= 15 is 0 Å². The molecule has 0 unspecified atom stereocenters. The minimum Gasteiger partial charge on any atom is -1.00 e. The first-order valence-corrected chi connectivity index (χ1v) is 11.2. The maximum atomic E-state index is 12.3. The van der Waals surface area contributed by atoms with Gasteiger partial charge in [-0.1, -0.05) is 6.07 Å². The fraction of sp³-hybridized carbons (Fsp3) is 0.640. The first-order chi connectivity index (χ1) is 14.3. The van der Waals surface area contributed by atoms with Crippen LogP contribution in [0.15, 0.2) is 24.3 Å². The fourth-order valence-corrected chi connectivity index (χ4v) is 6.59. The van der Waals surface area contributed by atoms with Gasteiger partial charge in [0.05, 0.1) is 33.9 Å². The lowest BCUT2D eigenvalue weighted by Gasteiger charge is -2.62. The summed E-state index contributed by atoms with van der Waals surface area (Å²) in [6.07, 6.45) is 11.7. The highest BCUT2D eigenvalue weighted by atomic mass is 127. The van der Waals surface area contributed by atoms with Crippen molar-refractivity contribution >= 4 is 12.0 Å². The average molecular weight is 541 g/mol. The number of methoxy groups -OCH3 is 2. The molecule has 0 N–H and O–H groups in total. The van der Waals surface area contributed by atoms with Crippen LogP contribution in [0.3, 0.4) is 0 Å². The Bertz CT molecular complexity index is 784. The zero-order valence-corrected chi connectivity index (χ0v) is 21.4. The van der Waals surface area contributed by atoms with Gasteiger partial charge in [0.15, 0.2) is 11.5 Å². The third kappa shape index (κ3) is 5.05. The molecule has 0 heterocycles. The van der Waals surface area contributed by atoms with E-state index in [4.69, 9.17) is 14.2 Å². The molecule has 0 aromatic heterocycles. The molecule has 4 aliphatic carbocycles. The van der Waals surface area contributed by atoms with E-state index in [1.807, 2.05) is 18.2 Å². The van der Waals surface area contributed by atoms with Gasteiger partial charge in [-0.05, 0) is 60.8 Å². The van der Waals surface area contributed by atoms with Crippen LogP contribution in [0.1, 0.15) is 44.1 Å². The number of benzene rings is 1. The molecule has 4 fully saturated rings. The van der Waals surface area contributed by atoms with Crippen molar-refractivity contribution in [3.05, 3.63) is 29.8 Å². The van der Waals surface area contributed by atoms with E-state index in [0.717, 1.165) is 34.3 Å². The molecule has 0 spiro atoms. The summed E-state index contributed by atoms with van der Waals surface area (Å²) in [6.45, 7) is 1.34. The molecule has 0 amide bonds. The fourth-order valence-electron chi connectivity index (χ4n) is 6.59. The Morgan fingerprint density at radius 1 is 1.03 bits per heavy atom. The number of hydrogen-bond donors (Lipinski definition) is 0. The van der Waals surface area contributed by atoms with Gasteiger partial charge < -0.3 is 42.7 Å². The van der Waals surface area contributed by atoms with Crippen LogP contribution in [0, 0.1) is 17.8 Å². The Morgan fingerprint density at radius 2 is 1.61 bits per heavy atom. The van der Waals surface area contributed by atoms with Crippen LogP contribution in [0.2, 0.25) is 0 Å². The number of halogens is 1. The number of hydrogen-bond acceptors (Lipinski definition) is 4. The van der Waals surface area contributed by atoms with Crippen molar-refractivity contribution in [2.24, 2.45) is 17.8 Å². The summed E-state index contributed by atoms with van der Waals surface area (Å²) in [7, 11) is 7.90. The Kier molecular flexibility index (Phi) is 7.62. The molecule has 0 aliphatic heterocycles. The highest BCUT2D eigenvalue weighted by Crippen LogP contribution is 2.58. The predicted octanol–water partition coefficient (Wildman–Crippen LogP) is 1.31. The normalized spacial score (nSPS) is 29.0. The molecule has 0 atom stereocenters. The quantitative estimate of drug-likeness (QED) is 0.216. The maximum absolute atomic E-state index is 12.3. The van der Waals surface area contributed by atoms with Crippen LogP contribution in [0.25, 0.3) is 6.08 Å². The Morgan fingerprint density at radius 3 is 2.16 bits per heavy atom. The lowest BCUT2D eigenvalue weighted by molar-refractivity contribution is -0.948. The van der Waals surface area contributed by atoms with Crippen molar-refractivity contribution in [2.75, 3.05) is 41.5 Å². The molecule has 6 heteroatoms. The number of esters is 1. The van der Waals surface area contributed by atoms with Crippen molar-refractivity contribution in [3.63, 3.8) is 0 Å². The van der Waals surface area contributed by atoms with Gasteiger partial charge in [0, 0.05) is 25.3 Å². The van der Waals surface area contributed by atoms with Crippen LogP contribution in [-0.2, 0) is 9.53 Å². The number of quaternary nitrogens is 1. The number of likely N-dealkylation sites (N-methyl/N-ethyl adjacent to an activating group) is 1. The average Bonchev–Trinajstić information content (AvgIpc) is 2.70. The molecule has 5 nitrogen and oxygen atoms in total. The van der Waals surface area contributed by atoms with Gasteiger partial charge in [-0.25, -0.2) is 4.79 Å². The number of ether oxygens (including phenoxy) is 3. The van der Waals surface area contributed by atoms with Crippen LogP contribution in [-0.4, -0.2) is 57.5 Å². The SMILES string of the molecule is COc1ccc(C=CC(=O)OCC[N+](C)(C)C23CC4CC(CC(C4)C2)C3)cc1OC.[I-]. The van der Waals surface area contributed by atoms with E-state index in [0.29, 0.717) is 23.6 Å². The second-order valence-electron chi connectivity index (χ2n) is 10.2. The molecule has 4 aliphatic rings. The van der Waals surface area contributed by atoms with Gasteiger partial charge in [-0.2, -0.15) is 0 Å². The van der Waals surface area contributed by atoms with Crippen molar-refractivity contribution in [1.29, 1.82) is 0 Å². The maximum Gasteiger partial charge on any atom is 0.330 e. The van der Waals surface area contributed by atoms with E-state index in [1.165, 1.54) is 44.6 Å². The standard InChI is InChI=1S/C25H36NO4.HI/c1-26(2,25-15-19-11-20(16-25)13-21(12-19)17-25)9-10-30-24(27)8-6-18-5-7-22(28-3)23(14-18)29-4;/h5-8,14,19-21H,9-13,15-17H2,1-4H3;1H/q+1;/p-1. The molecular formula is C25H36INO4. The van der Waals surface area contributed by atoms with Crippen molar-refractivity contribution in [3.8, 4) is 11.5 Å². The van der Waals surface area contributed by atoms with Gasteiger partial charge in [0.1, 0.15) is 13.2 Å². The van der Waals surface area contributed by atoms with Gasteiger partial charge in [-0.15, -0.1) is 0 Å². The molecule has 4 saturated carbocycles. The Balaban J connectivity index is 0.00000272. The zero-order valence-electron chi connectivity index (χ0n) is 19.2. The van der Waals surface area contributed by atoms with E-state index in [9.17, 15) is 4.79 Å². The third-order valence-electron chi connectivity index (χ3n) is 8.00. The molecule has 1 aromatic carbocycles. The molecule has 1 aromatic rings. The third-order valence-corrected chi connectivity index (χ3v) is 8.00. The molecule has 5 rings (SSSR count). The van der Waals surface area contributed by atoms with Gasteiger partial charge in [-0.3, -0.25) is 0 Å². The summed E-state index contributed by atoms with van der Waals surface area (Å²) in [5, 5.41) is 0. The second kappa shape index (κ2) is 9.69. The van der Waals surface area contributed by atoms with Crippen LogP contribution < -0.4 is 33.5 Å². The van der Waals surface area contributed by atoms with Crippen LogP contribution in [0.5, 0.6) is 11.5 Å². The Labute approximate surface area is 203 Å². The number of nitrogens with zero attached hydrogens (tertiary/aromatic N) is 1. The summed E-state index contributed by atoms with van der Waals surface area (Å²) in [4.78, 5) is 12.3. The second-order valence-corrected chi connectivity index (χ2v) is 10.2. The van der Waals surface area contributed by atoms with Crippen LogP contribution in [0.4, 0.5) is 0 Å². The minimum atomic E-state index is -0.296. The number of carbonyl (C=O) groups excluding carboxylic acids is 1. The van der Waals surface area contributed by atoms with E-state index in [-0.39, 0.29) is 29.9 Å². The smallest absolute Gasteiger partial charge is 0.330 e. The van der Waals surface area contributed by atoms with E-state index < -0.39 is 0 Å². The number of carbonyl (C=O) groups is 1. The summed E-state index contributed by atoms with van der Waals surface area (Å²) in [5.74, 6) is 3.81. The van der Waals surface area contributed by atoms with Gasteiger partial charge in [0.25, 0.3) is 0 Å². The summed E-state index contributed by atoms with van der Waals surface area (Å²) < 4.78 is 17.1. The molecule has 0 radical (unpaired) electrons. The van der Waals surface area contributed by atoms with Gasteiger partial charge >= 0.3 is 5.97 Å². The highest BCUT2D eigenvalue weighted by molar-refractivity contribution is 5.87. The molecular weight excluding hydrogens is 505 g/mol. The van der Waals surface area contributed by atoms with Gasteiger partial charge in [0.2, 0.25) is 0 Å². The molecule has 172 valence electrons. The van der Waals surface area contributed by atoms with Crippen molar-refractivity contribution < 1.29 is 47.5 Å². The number of rotatable bonds is 8. The van der Waals surface area contributed by atoms with Crippen LogP contribution >= 0.6 is 0 Å². The largest absolute Gasteiger partial charge is 1.00 e. The zero-order chi connectivity index (χ0) is 21.4. The van der Waals surface area contributed by atoms with Crippen molar-refractivity contribution in [2.45, 2.75) is 44.1 Å². The minimum absolute atomic E-state index is 0. The lowest BCUT2D eigenvalue weighted by Crippen LogP contribution is -3.00. The van der Waals surface area contributed by atoms with E-state index in [2.05, 4.69) is 14.1 Å². The lowest BCUT2D eigenvalue weighted by atomic mass is 9.52. The Hall–Kier alpha value is -1.28. The monoisotopic (exact) mass is 541 g/mol. The summed E-state index contributed by atoms with van der Waals surface area (Å²) in [5.41, 5.74) is 1.27. The molecule has 4 bridgehead atoms. The van der Waals surface area contributed by atoms with Crippen molar-refractivity contribution in [1.82, 2.24) is 0 Å². The predicted molar refractivity (Wildman–Crippen MR) is 117 cm³/mol. The summed E-state index contributed by atoms with van der Waals surface area (Å²) >= 11 is 0. The molecule has 0 saturated heterocycles. The first kappa shape index (κ1) is 24.4. The topological polar surface area (TPSA) is 44.8 Å². The first-order valence-electron chi connectivity index (χ1n) is 11.2. The highest BCUT2D eigenvalue weighted by Gasteiger charge is 2.58.